The molecule has 0 saturated carbocycles. The Labute approximate surface area is 214 Å². The van der Waals surface area contributed by atoms with Crippen LogP contribution in [0.3, 0.4) is 0 Å². The molecule has 0 aliphatic heterocycles. The van der Waals surface area contributed by atoms with Crippen molar-refractivity contribution in [1.29, 1.82) is 0 Å². The Hall–Kier alpha value is -4.82. The first-order valence-corrected chi connectivity index (χ1v) is 12.8. The molecule has 0 fully saturated rings. The van der Waals surface area contributed by atoms with Crippen molar-refractivity contribution in [2.45, 2.75) is 0 Å². The molecule has 2 aromatic heterocycles. The molecule has 0 saturated heterocycles. The summed E-state index contributed by atoms with van der Waals surface area (Å²) in [6.45, 7) is 0. The zero-order valence-electron chi connectivity index (χ0n) is 20.5. The third kappa shape index (κ3) is 2.81. The third-order valence-corrected chi connectivity index (χ3v) is 7.91. The van der Waals surface area contributed by atoms with Gasteiger partial charge in [-0.3, -0.25) is 0 Å². The number of rotatable bonds is 2. The zero-order chi connectivity index (χ0) is 24.5. The fourth-order valence-corrected chi connectivity index (χ4v) is 6.24. The van der Waals surface area contributed by atoms with Crippen LogP contribution < -0.4 is 0 Å². The fraction of sp³-hybridized carbons (Fsp3) is 0.0286. The van der Waals surface area contributed by atoms with Crippen molar-refractivity contribution in [3.8, 4) is 16.8 Å². The van der Waals surface area contributed by atoms with Gasteiger partial charge in [-0.2, -0.15) is 0 Å². The molecule has 0 atom stereocenters. The van der Waals surface area contributed by atoms with Crippen LogP contribution in [0.1, 0.15) is 0 Å². The summed E-state index contributed by atoms with van der Waals surface area (Å²) in [7, 11) is 2.16. The smallest absolute Gasteiger partial charge is 0.0619 e. The van der Waals surface area contributed by atoms with Gasteiger partial charge in [0.05, 0.1) is 11.0 Å². The highest BCUT2D eigenvalue weighted by molar-refractivity contribution is 6.22. The number of para-hydroxylation sites is 3. The van der Waals surface area contributed by atoms with Crippen LogP contribution in [0.15, 0.2) is 127 Å². The number of hydrogen-bond acceptors (Lipinski definition) is 0. The molecule has 0 spiro atoms. The van der Waals surface area contributed by atoms with Gasteiger partial charge in [0.2, 0.25) is 0 Å². The lowest BCUT2D eigenvalue weighted by atomic mass is 9.94. The number of aromatic nitrogens is 2. The topological polar surface area (TPSA) is 9.86 Å². The van der Waals surface area contributed by atoms with Gasteiger partial charge < -0.3 is 9.13 Å². The van der Waals surface area contributed by atoms with Gasteiger partial charge >= 0.3 is 0 Å². The Morgan fingerprint density at radius 1 is 0.432 bits per heavy atom. The second kappa shape index (κ2) is 7.59. The van der Waals surface area contributed by atoms with Crippen molar-refractivity contribution in [1.82, 2.24) is 9.13 Å². The predicted octanol–water partition coefficient (Wildman–Crippen LogP) is 9.25. The van der Waals surface area contributed by atoms with Gasteiger partial charge in [0.1, 0.15) is 0 Å². The Kier molecular flexibility index (Phi) is 4.18. The van der Waals surface area contributed by atoms with Crippen LogP contribution in [0.2, 0.25) is 0 Å². The van der Waals surface area contributed by atoms with Crippen LogP contribution in [0.4, 0.5) is 0 Å². The minimum absolute atomic E-state index is 1.18. The van der Waals surface area contributed by atoms with Gasteiger partial charge in [0.25, 0.3) is 0 Å². The number of fused-ring (bicyclic) bond motifs is 8. The van der Waals surface area contributed by atoms with Gasteiger partial charge in [-0.15, -0.1) is 0 Å². The lowest BCUT2D eigenvalue weighted by molar-refractivity contribution is 1.01. The summed E-state index contributed by atoms with van der Waals surface area (Å²) >= 11 is 0. The quantitative estimate of drug-likeness (QED) is 0.237. The van der Waals surface area contributed by atoms with Gasteiger partial charge in [0, 0.05) is 50.7 Å². The first-order valence-electron chi connectivity index (χ1n) is 12.8. The normalized spacial score (nSPS) is 11.9. The molecule has 6 aromatic carbocycles. The molecular weight excluding hydrogens is 448 g/mol. The highest BCUT2D eigenvalue weighted by atomic mass is 15.0. The number of hydrogen-bond donors (Lipinski definition) is 0. The van der Waals surface area contributed by atoms with Crippen molar-refractivity contribution in [3.63, 3.8) is 0 Å². The fourth-order valence-electron chi connectivity index (χ4n) is 6.24. The van der Waals surface area contributed by atoms with Gasteiger partial charge in [0.15, 0.2) is 0 Å². The molecule has 2 nitrogen and oxygen atoms in total. The molecule has 37 heavy (non-hydrogen) atoms. The molecule has 174 valence electrons. The molecule has 0 aliphatic rings. The molecule has 0 aliphatic carbocycles. The van der Waals surface area contributed by atoms with E-state index >= 15 is 0 Å². The summed E-state index contributed by atoms with van der Waals surface area (Å²) in [6, 6.07) is 46.4. The molecule has 8 aromatic rings. The summed E-state index contributed by atoms with van der Waals surface area (Å²) < 4.78 is 4.72. The summed E-state index contributed by atoms with van der Waals surface area (Å²) in [4.78, 5) is 0. The second-order valence-electron chi connectivity index (χ2n) is 9.86. The summed E-state index contributed by atoms with van der Waals surface area (Å²) in [5.41, 5.74) is 8.72. The minimum atomic E-state index is 1.18. The Morgan fingerprint density at radius 2 is 1.03 bits per heavy atom. The largest absolute Gasteiger partial charge is 0.344 e. The minimum Gasteiger partial charge on any atom is -0.344 e. The molecule has 0 amide bonds. The molecule has 2 heterocycles. The standard InChI is InChI=1S/C35H24N2/c1-36-32-17-9-7-14-26(32)30-21-23(19-20-33(30)36)29-22-31-27-15-8-10-18-34(27)37(24-11-3-2-4-12-24)35(31)28-16-6-5-13-25(28)29/h2-22H,1H3. The molecule has 0 N–H and O–H groups in total. The van der Waals surface area contributed by atoms with Crippen LogP contribution >= 0.6 is 0 Å². The Bertz CT molecular complexity index is 2140. The van der Waals surface area contributed by atoms with Crippen molar-refractivity contribution in [2.24, 2.45) is 7.05 Å². The van der Waals surface area contributed by atoms with Crippen LogP contribution in [0, 0.1) is 0 Å². The van der Waals surface area contributed by atoms with Crippen molar-refractivity contribution in [3.05, 3.63) is 127 Å². The van der Waals surface area contributed by atoms with Gasteiger partial charge in [-0.05, 0) is 59.0 Å². The first kappa shape index (κ1) is 20.4. The predicted molar refractivity (Wildman–Crippen MR) is 158 cm³/mol. The van der Waals surface area contributed by atoms with Crippen LogP contribution in [-0.4, -0.2) is 9.13 Å². The van der Waals surface area contributed by atoms with E-state index < -0.39 is 0 Å². The van der Waals surface area contributed by atoms with E-state index in [1.807, 2.05) is 0 Å². The average Bonchev–Trinajstić information content (AvgIpc) is 3.45. The van der Waals surface area contributed by atoms with E-state index in [9.17, 15) is 0 Å². The maximum atomic E-state index is 2.42. The molecule has 0 unspecified atom stereocenters. The maximum absolute atomic E-state index is 2.42. The molecule has 2 heteroatoms. The van der Waals surface area contributed by atoms with Crippen molar-refractivity contribution >= 4 is 54.4 Å². The number of benzene rings is 6. The van der Waals surface area contributed by atoms with E-state index in [4.69, 9.17) is 0 Å². The van der Waals surface area contributed by atoms with E-state index in [-0.39, 0.29) is 0 Å². The lowest BCUT2D eigenvalue weighted by Gasteiger charge is -2.13. The summed E-state index contributed by atoms with van der Waals surface area (Å²) in [6.07, 6.45) is 0. The summed E-state index contributed by atoms with van der Waals surface area (Å²) in [5, 5.41) is 7.70. The van der Waals surface area contributed by atoms with E-state index in [1.165, 1.54) is 71.2 Å². The molecule has 8 rings (SSSR count). The highest BCUT2D eigenvalue weighted by Crippen LogP contribution is 2.42. The van der Waals surface area contributed by atoms with E-state index in [2.05, 4.69) is 144 Å². The van der Waals surface area contributed by atoms with Crippen molar-refractivity contribution in [2.75, 3.05) is 0 Å². The molecular formula is C35H24N2. The third-order valence-electron chi connectivity index (χ3n) is 7.91. The second-order valence-corrected chi connectivity index (χ2v) is 9.86. The van der Waals surface area contributed by atoms with Gasteiger partial charge in [-0.25, -0.2) is 0 Å². The Morgan fingerprint density at radius 3 is 1.81 bits per heavy atom. The van der Waals surface area contributed by atoms with E-state index in [1.54, 1.807) is 0 Å². The zero-order valence-corrected chi connectivity index (χ0v) is 20.5. The van der Waals surface area contributed by atoms with Crippen molar-refractivity contribution < 1.29 is 0 Å². The summed E-state index contributed by atoms with van der Waals surface area (Å²) in [5.74, 6) is 0. The van der Waals surface area contributed by atoms with E-state index in [0.29, 0.717) is 0 Å². The molecule has 0 bridgehead atoms. The van der Waals surface area contributed by atoms with Crippen LogP contribution in [0.25, 0.3) is 71.2 Å². The first-order chi connectivity index (χ1) is 18.3. The van der Waals surface area contributed by atoms with Crippen LogP contribution in [-0.2, 0) is 7.05 Å². The monoisotopic (exact) mass is 472 g/mol. The molecule has 0 radical (unpaired) electrons. The average molecular weight is 473 g/mol. The van der Waals surface area contributed by atoms with Gasteiger partial charge in [-0.1, -0.05) is 84.9 Å². The highest BCUT2D eigenvalue weighted by Gasteiger charge is 2.18. The van der Waals surface area contributed by atoms with E-state index in [0.717, 1.165) is 0 Å². The SMILES string of the molecule is Cn1c2ccccc2c2cc(-c3cc4c5ccccc5n(-c5ccccc5)c4c4ccccc34)ccc21. The number of aryl methyl sites for hydroxylation is 1. The number of nitrogens with zero attached hydrogens (tertiary/aromatic N) is 2. The van der Waals surface area contributed by atoms with Crippen LogP contribution in [0.5, 0.6) is 0 Å². The lowest BCUT2D eigenvalue weighted by Crippen LogP contribution is -1.94. The maximum Gasteiger partial charge on any atom is 0.0619 e. The Balaban J connectivity index is 1.52.